The molecule has 3 N–H and O–H groups in total. The molecule has 1 amide bonds. The Bertz CT molecular complexity index is 433. The van der Waals surface area contributed by atoms with Crippen molar-refractivity contribution in [3.63, 3.8) is 0 Å². The standard InChI is InChI=1S/C14H22N2O3/c1-9(2)13(14(15)17)16-8-10-5-6-11(18-3)7-12(10)19-4/h5-7,9,13,16H,8H2,1-4H3,(H2,15,17). The normalized spacial score (nSPS) is 12.3. The van der Waals surface area contributed by atoms with E-state index in [-0.39, 0.29) is 17.9 Å². The van der Waals surface area contributed by atoms with E-state index in [0.29, 0.717) is 6.54 Å². The van der Waals surface area contributed by atoms with Gasteiger partial charge >= 0.3 is 0 Å². The van der Waals surface area contributed by atoms with E-state index in [1.807, 2.05) is 32.0 Å². The minimum atomic E-state index is -0.355. The molecule has 0 spiro atoms. The molecule has 0 radical (unpaired) electrons. The lowest BCUT2D eigenvalue weighted by Crippen LogP contribution is -2.44. The molecule has 19 heavy (non-hydrogen) atoms. The summed E-state index contributed by atoms with van der Waals surface area (Å²) in [7, 11) is 3.21. The molecule has 1 aromatic carbocycles. The summed E-state index contributed by atoms with van der Waals surface area (Å²) in [5.74, 6) is 1.25. The molecule has 5 heteroatoms. The maximum atomic E-state index is 11.3. The number of carbonyl (C=O) groups is 1. The summed E-state index contributed by atoms with van der Waals surface area (Å²) in [4.78, 5) is 11.3. The first-order chi connectivity index (χ1) is 8.99. The second-order valence-corrected chi connectivity index (χ2v) is 4.68. The zero-order valence-corrected chi connectivity index (χ0v) is 11.9. The number of carbonyl (C=O) groups excluding carboxylic acids is 1. The summed E-state index contributed by atoms with van der Waals surface area (Å²) in [6.07, 6.45) is 0. The van der Waals surface area contributed by atoms with Gasteiger partial charge in [0.05, 0.1) is 20.3 Å². The fourth-order valence-electron chi connectivity index (χ4n) is 1.88. The summed E-state index contributed by atoms with van der Waals surface area (Å²) in [5.41, 5.74) is 6.32. The van der Waals surface area contributed by atoms with Crippen LogP contribution in [-0.4, -0.2) is 26.2 Å². The van der Waals surface area contributed by atoms with Crippen molar-refractivity contribution in [3.05, 3.63) is 23.8 Å². The maximum absolute atomic E-state index is 11.3. The van der Waals surface area contributed by atoms with Crippen LogP contribution >= 0.6 is 0 Å². The van der Waals surface area contributed by atoms with Crippen molar-refractivity contribution >= 4 is 5.91 Å². The fourth-order valence-corrected chi connectivity index (χ4v) is 1.88. The van der Waals surface area contributed by atoms with Gasteiger partial charge in [-0.15, -0.1) is 0 Å². The van der Waals surface area contributed by atoms with Crippen LogP contribution in [0.5, 0.6) is 11.5 Å². The molecule has 5 nitrogen and oxygen atoms in total. The van der Waals surface area contributed by atoms with Crippen molar-refractivity contribution in [1.82, 2.24) is 5.32 Å². The number of hydrogen-bond donors (Lipinski definition) is 2. The van der Waals surface area contributed by atoms with Gasteiger partial charge in [0.25, 0.3) is 0 Å². The van der Waals surface area contributed by atoms with Crippen molar-refractivity contribution in [3.8, 4) is 11.5 Å². The van der Waals surface area contributed by atoms with Gasteiger partial charge in [-0.1, -0.05) is 19.9 Å². The minimum Gasteiger partial charge on any atom is -0.497 e. The van der Waals surface area contributed by atoms with Gasteiger partial charge in [-0.2, -0.15) is 0 Å². The van der Waals surface area contributed by atoms with E-state index in [9.17, 15) is 4.79 Å². The highest BCUT2D eigenvalue weighted by molar-refractivity contribution is 5.80. The summed E-state index contributed by atoms with van der Waals surface area (Å²) in [5, 5.41) is 3.15. The molecule has 0 aliphatic carbocycles. The number of rotatable bonds is 7. The van der Waals surface area contributed by atoms with Crippen LogP contribution in [0.1, 0.15) is 19.4 Å². The van der Waals surface area contributed by atoms with Crippen molar-refractivity contribution in [1.29, 1.82) is 0 Å². The van der Waals surface area contributed by atoms with Gasteiger partial charge in [0, 0.05) is 18.2 Å². The monoisotopic (exact) mass is 266 g/mol. The summed E-state index contributed by atoms with van der Waals surface area (Å²) in [6, 6.07) is 5.22. The Kier molecular flexibility index (Phi) is 5.63. The van der Waals surface area contributed by atoms with Crippen molar-refractivity contribution < 1.29 is 14.3 Å². The first kappa shape index (κ1) is 15.3. The van der Waals surface area contributed by atoms with E-state index >= 15 is 0 Å². The predicted molar refractivity (Wildman–Crippen MR) is 74.2 cm³/mol. The van der Waals surface area contributed by atoms with Gasteiger partial charge in [0.1, 0.15) is 11.5 Å². The van der Waals surface area contributed by atoms with Crippen molar-refractivity contribution in [2.24, 2.45) is 11.7 Å². The van der Waals surface area contributed by atoms with Crippen LogP contribution in [-0.2, 0) is 11.3 Å². The molecule has 0 aliphatic heterocycles. The van der Waals surface area contributed by atoms with Gasteiger partial charge in [-0.25, -0.2) is 0 Å². The molecule has 1 atom stereocenters. The molecule has 1 unspecified atom stereocenters. The molecule has 0 aromatic heterocycles. The Morgan fingerprint density at radius 3 is 2.47 bits per heavy atom. The van der Waals surface area contributed by atoms with E-state index in [2.05, 4.69) is 5.32 Å². The van der Waals surface area contributed by atoms with Crippen LogP contribution in [0.15, 0.2) is 18.2 Å². The molecule has 1 rings (SSSR count). The van der Waals surface area contributed by atoms with Crippen molar-refractivity contribution in [2.45, 2.75) is 26.4 Å². The van der Waals surface area contributed by atoms with Crippen LogP contribution in [0.25, 0.3) is 0 Å². The highest BCUT2D eigenvalue weighted by atomic mass is 16.5. The summed E-state index contributed by atoms with van der Waals surface area (Å²) < 4.78 is 10.4. The van der Waals surface area contributed by atoms with E-state index in [1.165, 1.54) is 0 Å². The number of hydrogen-bond acceptors (Lipinski definition) is 4. The number of primary amides is 1. The lowest BCUT2D eigenvalue weighted by atomic mass is 10.0. The number of benzene rings is 1. The Morgan fingerprint density at radius 1 is 1.32 bits per heavy atom. The van der Waals surface area contributed by atoms with Crippen LogP contribution < -0.4 is 20.5 Å². The van der Waals surface area contributed by atoms with Crippen molar-refractivity contribution in [2.75, 3.05) is 14.2 Å². The molecule has 0 bridgehead atoms. The number of ether oxygens (including phenoxy) is 2. The average molecular weight is 266 g/mol. The van der Waals surface area contributed by atoms with E-state index < -0.39 is 0 Å². The van der Waals surface area contributed by atoms with Gasteiger partial charge in [-0.3, -0.25) is 4.79 Å². The van der Waals surface area contributed by atoms with Crippen LogP contribution in [0, 0.1) is 5.92 Å². The highest BCUT2D eigenvalue weighted by Crippen LogP contribution is 2.24. The Hall–Kier alpha value is -1.75. The van der Waals surface area contributed by atoms with E-state index in [0.717, 1.165) is 17.1 Å². The third-order valence-electron chi connectivity index (χ3n) is 2.98. The SMILES string of the molecule is COc1ccc(CNC(C(N)=O)C(C)C)c(OC)c1. The average Bonchev–Trinajstić information content (AvgIpc) is 2.38. The van der Waals surface area contributed by atoms with E-state index in [4.69, 9.17) is 15.2 Å². The Morgan fingerprint density at radius 2 is 2.00 bits per heavy atom. The number of amides is 1. The topological polar surface area (TPSA) is 73.6 Å². The second-order valence-electron chi connectivity index (χ2n) is 4.68. The highest BCUT2D eigenvalue weighted by Gasteiger charge is 2.19. The predicted octanol–water partition coefficient (Wildman–Crippen LogP) is 1.30. The quantitative estimate of drug-likeness (QED) is 0.780. The first-order valence-electron chi connectivity index (χ1n) is 6.23. The minimum absolute atomic E-state index is 0.141. The first-order valence-corrected chi connectivity index (χ1v) is 6.23. The van der Waals surface area contributed by atoms with E-state index in [1.54, 1.807) is 14.2 Å². The van der Waals surface area contributed by atoms with Crippen LogP contribution in [0.4, 0.5) is 0 Å². The second kappa shape index (κ2) is 6.99. The zero-order valence-electron chi connectivity index (χ0n) is 11.9. The fraction of sp³-hybridized carbons (Fsp3) is 0.500. The maximum Gasteiger partial charge on any atom is 0.234 e. The molecule has 0 saturated carbocycles. The van der Waals surface area contributed by atoms with Gasteiger partial charge < -0.3 is 20.5 Å². The van der Waals surface area contributed by atoms with Gasteiger partial charge in [0.2, 0.25) is 5.91 Å². The lowest BCUT2D eigenvalue weighted by molar-refractivity contribution is -0.121. The largest absolute Gasteiger partial charge is 0.497 e. The molecule has 1 aromatic rings. The number of nitrogens with one attached hydrogen (secondary N) is 1. The molecule has 0 aliphatic rings. The zero-order chi connectivity index (χ0) is 14.4. The van der Waals surface area contributed by atoms with Gasteiger partial charge in [-0.05, 0) is 12.0 Å². The molecular weight excluding hydrogens is 244 g/mol. The summed E-state index contributed by atoms with van der Waals surface area (Å²) >= 11 is 0. The molecular formula is C14H22N2O3. The Labute approximate surface area is 114 Å². The van der Waals surface area contributed by atoms with Gasteiger partial charge in [0.15, 0.2) is 0 Å². The summed E-state index contributed by atoms with van der Waals surface area (Å²) in [6.45, 7) is 4.42. The number of methoxy groups -OCH3 is 2. The smallest absolute Gasteiger partial charge is 0.234 e. The molecule has 0 heterocycles. The Balaban J connectivity index is 2.79. The van der Waals surface area contributed by atoms with Crippen LogP contribution in [0.2, 0.25) is 0 Å². The number of nitrogens with two attached hydrogens (primary N) is 1. The third-order valence-corrected chi connectivity index (χ3v) is 2.98. The van der Waals surface area contributed by atoms with Crippen LogP contribution in [0.3, 0.4) is 0 Å². The molecule has 0 saturated heterocycles. The molecule has 0 fully saturated rings. The third kappa shape index (κ3) is 4.13. The lowest BCUT2D eigenvalue weighted by Gasteiger charge is -2.20. The molecule has 106 valence electrons.